The molecule has 0 atom stereocenters. The van der Waals surface area contributed by atoms with Gasteiger partial charge in [0.25, 0.3) is 0 Å². The number of benzene rings is 2. The van der Waals surface area contributed by atoms with Crippen LogP contribution in [0, 0.1) is 0 Å². The van der Waals surface area contributed by atoms with E-state index in [2.05, 4.69) is 10.3 Å². The SMILES string of the molecule is O=C(/C=C/c1ccccn1)Nc1ccccc1-c1ccccc1. The zero-order chi connectivity index (χ0) is 15.9. The first kappa shape index (κ1) is 14.7. The molecule has 1 aromatic heterocycles. The van der Waals surface area contributed by atoms with Crippen molar-refractivity contribution in [3.8, 4) is 11.1 Å². The summed E-state index contributed by atoms with van der Waals surface area (Å²) in [5.74, 6) is -0.181. The van der Waals surface area contributed by atoms with E-state index in [-0.39, 0.29) is 5.91 Å². The van der Waals surface area contributed by atoms with Gasteiger partial charge >= 0.3 is 0 Å². The van der Waals surface area contributed by atoms with Gasteiger partial charge in [-0.3, -0.25) is 9.78 Å². The van der Waals surface area contributed by atoms with Gasteiger partial charge in [-0.15, -0.1) is 0 Å². The summed E-state index contributed by atoms with van der Waals surface area (Å²) < 4.78 is 0. The molecule has 1 N–H and O–H groups in total. The Kier molecular flexibility index (Phi) is 4.60. The lowest BCUT2D eigenvalue weighted by atomic mass is 10.0. The van der Waals surface area contributed by atoms with Crippen LogP contribution in [0.1, 0.15) is 5.69 Å². The lowest BCUT2D eigenvalue weighted by Gasteiger charge is -2.09. The fourth-order valence-corrected chi connectivity index (χ4v) is 2.27. The van der Waals surface area contributed by atoms with Crippen molar-refractivity contribution in [2.45, 2.75) is 0 Å². The predicted molar refractivity (Wildman–Crippen MR) is 93.8 cm³/mol. The topological polar surface area (TPSA) is 42.0 Å². The molecule has 0 fully saturated rings. The summed E-state index contributed by atoms with van der Waals surface area (Å²) in [4.78, 5) is 16.3. The van der Waals surface area contributed by atoms with Gasteiger partial charge in [-0.1, -0.05) is 54.6 Å². The Morgan fingerprint density at radius 2 is 1.61 bits per heavy atom. The first-order chi connectivity index (χ1) is 11.3. The van der Waals surface area contributed by atoms with Gasteiger partial charge in [-0.2, -0.15) is 0 Å². The van der Waals surface area contributed by atoms with Gasteiger partial charge in [0.2, 0.25) is 5.91 Å². The Morgan fingerprint density at radius 1 is 0.870 bits per heavy atom. The summed E-state index contributed by atoms with van der Waals surface area (Å²) in [6, 6.07) is 23.3. The van der Waals surface area contributed by atoms with Crippen molar-refractivity contribution in [1.82, 2.24) is 4.98 Å². The second-order valence-electron chi connectivity index (χ2n) is 4.99. The molecule has 0 radical (unpaired) electrons. The molecule has 0 bridgehead atoms. The first-order valence-electron chi connectivity index (χ1n) is 7.37. The van der Waals surface area contributed by atoms with Gasteiger partial charge in [0, 0.05) is 23.5 Å². The molecule has 0 spiro atoms. The number of anilines is 1. The van der Waals surface area contributed by atoms with E-state index in [4.69, 9.17) is 0 Å². The molecule has 0 aliphatic heterocycles. The van der Waals surface area contributed by atoms with E-state index in [9.17, 15) is 4.79 Å². The zero-order valence-electron chi connectivity index (χ0n) is 12.5. The molecular weight excluding hydrogens is 284 g/mol. The maximum Gasteiger partial charge on any atom is 0.248 e. The van der Waals surface area contributed by atoms with E-state index in [0.717, 1.165) is 22.5 Å². The molecule has 2 aromatic carbocycles. The number of hydrogen-bond acceptors (Lipinski definition) is 2. The highest BCUT2D eigenvalue weighted by Gasteiger charge is 2.06. The summed E-state index contributed by atoms with van der Waals surface area (Å²) in [5, 5.41) is 2.93. The van der Waals surface area contributed by atoms with Crippen molar-refractivity contribution in [3.63, 3.8) is 0 Å². The summed E-state index contributed by atoms with van der Waals surface area (Å²) in [7, 11) is 0. The summed E-state index contributed by atoms with van der Waals surface area (Å²) in [6.07, 6.45) is 4.88. The predicted octanol–water partition coefficient (Wildman–Crippen LogP) is 4.40. The highest BCUT2D eigenvalue weighted by molar-refractivity contribution is 6.04. The average molecular weight is 300 g/mol. The van der Waals surface area contributed by atoms with Crippen LogP contribution >= 0.6 is 0 Å². The minimum atomic E-state index is -0.181. The molecule has 3 rings (SSSR count). The number of aromatic nitrogens is 1. The van der Waals surface area contributed by atoms with E-state index in [1.807, 2.05) is 72.8 Å². The van der Waals surface area contributed by atoms with Crippen molar-refractivity contribution < 1.29 is 4.79 Å². The van der Waals surface area contributed by atoms with Crippen molar-refractivity contribution in [2.75, 3.05) is 5.32 Å². The van der Waals surface area contributed by atoms with Crippen LogP contribution in [0.5, 0.6) is 0 Å². The van der Waals surface area contributed by atoms with Crippen LogP contribution in [0.3, 0.4) is 0 Å². The molecule has 0 saturated carbocycles. The number of amides is 1. The van der Waals surface area contributed by atoms with Crippen LogP contribution in [0.4, 0.5) is 5.69 Å². The summed E-state index contributed by atoms with van der Waals surface area (Å²) in [6.45, 7) is 0. The van der Waals surface area contributed by atoms with Crippen molar-refractivity contribution in [3.05, 3.63) is 90.8 Å². The minimum Gasteiger partial charge on any atom is -0.322 e. The highest BCUT2D eigenvalue weighted by atomic mass is 16.1. The number of nitrogens with zero attached hydrogens (tertiary/aromatic N) is 1. The maximum absolute atomic E-state index is 12.1. The third kappa shape index (κ3) is 3.92. The van der Waals surface area contributed by atoms with E-state index in [1.165, 1.54) is 6.08 Å². The number of pyridine rings is 1. The van der Waals surface area contributed by atoms with E-state index < -0.39 is 0 Å². The minimum absolute atomic E-state index is 0.181. The monoisotopic (exact) mass is 300 g/mol. The van der Waals surface area contributed by atoms with Crippen LogP contribution in [-0.2, 0) is 4.79 Å². The van der Waals surface area contributed by atoms with Gasteiger partial charge in [-0.25, -0.2) is 0 Å². The standard InChI is InChI=1S/C20H16N2O/c23-20(14-13-17-10-6-7-15-21-17)22-19-12-5-4-11-18(19)16-8-2-1-3-9-16/h1-15H,(H,22,23)/b14-13+. The van der Waals surface area contributed by atoms with Gasteiger partial charge in [0.15, 0.2) is 0 Å². The van der Waals surface area contributed by atoms with E-state index in [0.29, 0.717) is 0 Å². The number of carbonyl (C=O) groups excluding carboxylic acids is 1. The van der Waals surface area contributed by atoms with Crippen LogP contribution in [0.2, 0.25) is 0 Å². The van der Waals surface area contributed by atoms with Crippen LogP contribution < -0.4 is 5.32 Å². The summed E-state index contributed by atoms with van der Waals surface area (Å²) >= 11 is 0. The Labute approximate surface area is 135 Å². The fraction of sp³-hybridized carbons (Fsp3) is 0. The van der Waals surface area contributed by atoms with E-state index in [1.54, 1.807) is 12.3 Å². The molecule has 23 heavy (non-hydrogen) atoms. The second-order valence-corrected chi connectivity index (χ2v) is 4.99. The lowest BCUT2D eigenvalue weighted by molar-refractivity contribution is -0.111. The molecule has 112 valence electrons. The fourth-order valence-electron chi connectivity index (χ4n) is 2.27. The molecule has 3 heteroatoms. The van der Waals surface area contributed by atoms with Gasteiger partial charge in [-0.05, 0) is 29.8 Å². The maximum atomic E-state index is 12.1. The molecule has 0 aliphatic rings. The largest absolute Gasteiger partial charge is 0.322 e. The number of carbonyl (C=O) groups is 1. The Balaban J connectivity index is 1.78. The van der Waals surface area contributed by atoms with Crippen molar-refractivity contribution >= 4 is 17.7 Å². The average Bonchev–Trinajstić information content (AvgIpc) is 2.62. The molecule has 3 nitrogen and oxygen atoms in total. The quantitative estimate of drug-likeness (QED) is 0.726. The van der Waals surface area contributed by atoms with Crippen LogP contribution in [0.15, 0.2) is 85.1 Å². The first-order valence-corrected chi connectivity index (χ1v) is 7.37. The summed E-state index contributed by atoms with van der Waals surface area (Å²) in [5.41, 5.74) is 3.60. The Hall–Kier alpha value is -3.20. The van der Waals surface area contributed by atoms with Crippen LogP contribution in [0.25, 0.3) is 17.2 Å². The zero-order valence-corrected chi connectivity index (χ0v) is 12.5. The number of nitrogens with one attached hydrogen (secondary N) is 1. The number of rotatable bonds is 4. The molecule has 1 amide bonds. The van der Waals surface area contributed by atoms with Crippen molar-refractivity contribution in [1.29, 1.82) is 0 Å². The normalized spacial score (nSPS) is 10.6. The Morgan fingerprint density at radius 3 is 2.39 bits per heavy atom. The molecule has 0 saturated heterocycles. The van der Waals surface area contributed by atoms with E-state index >= 15 is 0 Å². The molecule has 0 aliphatic carbocycles. The Bertz CT molecular complexity index is 811. The van der Waals surface area contributed by atoms with Gasteiger partial charge < -0.3 is 5.32 Å². The number of para-hydroxylation sites is 1. The molecule has 0 unspecified atom stereocenters. The van der Waals surface area contributed by atoms with Gasteiger partial charge in [0.1, 0.15) is 0 Å². The molecular formula is C20H16N2O. The highest BCUT2D eigenvalue weighted by Crippen LogP contribution is 2.27. The third-order valence-electron chi connectivity index (χ3n) is 3.36. The molecule has 3 aromatic rings. The van der Waals surface area contributed by atoms with Gasteiger partial charge in [0.05, 0.1) is 5.69 Å². The smallest absolute Gasteiger partial charge is 0.248 e. The third-order valence-corrected chi connectivity index (χ3v) is 3.36. The molecule has 1 heterocycles. The second kappa shape index (κ2) is 7.18. The number of hydrogen-bond donors (Lipinski definition) is 1. The van der Waals surface area contributed by atoms with Crippen molar-refractivity contribution in [2.24, 2.45) is 0 Å². The van der Waals surface area contributed by atoms with Crippen LogP contribution in [-0.4, -0.2) is 10.9 Å². The lowest BCUT2D eigenvalue weighted by Crippen LogP contribution is -2.08.